The Balaban J connectivity index is 1.22. The van der Waals surface area contributed by atoms with E-state index in [1.165, 1.54) is 27.8 Å². The summed E-state index contributed by atoms with van der Waals surface area (Å²) < 4.78 is 6.06. The second kappa shape index (κ2) is 8.77. The number of rotatable bonds is 3. The van der Waals surface area contributed by atoms with Crippen LogP contribution in [0.3, 0.4) is 0 Å². The average Bonchev–Trinajstić information content (AvgIpc) is 3.15. The van der Waals surface area contributed by atoms with Crippen molar-refractivity contribution in [1.29, 1.82) is 0 Å². The van der Waals surface area contributed by atoms with E-state index >= 15 is 0 Å². The Morgan fingerprint density at radius 3 is 2.00 bits per heavy atom. The first-order valence-electron chi connectivity index (χ1n) is 13.3. The molecule has 2 saturated heterocycles. The maximum absolute atomic E-state index is 13.5. The Morgan fingerprint density at radius 1 is 0.917 bits per heavy atom. The minimum atomic E-state index is -0.905. The van der Waals surface area contributed by atoms with Crippen molar-refractivity contribution in [3.63, 3.8) is 0 Å². The number of hydrogen-bond donors (Lipinski definition) is 1. The third-order valence-electron chi connectivity index (χ3n) is 8.70. The van der Waals surface area contributed by atoms with Gasteiger partial charge in [-0.15, -0.1) is 0 Å². The molecule has 6 rings (SSSR count). The highest BCUT2D eigenvalue weighted by molar-refractivity contribution is 5.79. The lowest BCUT2D eigenvalue weighted by Crippen LogP contribution is -2.59. The molecule has 2 aliphatic heterocycles. The molecule has 4 nitrogen and oxygen atoms in total. The molecule has 2 atom stereocenters. The van der Waals surface area contributed by atoms with Crippen LogP contribution in [0, 0.1) is 20.8 Å². The van der Waals surface area contributed by atoms with Crippen LogP contribution in [0.2, 0.25) is 0 Å². The highest BCUT2D eigenvalue weighted by Gasteiger charge is 2.49. The molecule has 1 N–H and O–H groups in total. The van der Waals surface area contributed by atoms with Crippen LogP contribution in [-0.2, 0) is 10.3 Å². The lowest BCUT2D eigenvalue weighted by molar-refractivity contribution is -0.0896. The predicted molar refractivity (Wildman–Crippen MR) is 142 cm³/mol. The SMILES string of the molecule is Cc1cc(C)c(C2(O)CC3CCCC(C2)N3C(=O)OCC2c3ccccc3-c3ccccc32)c(C)c1. The van der Waals surface area contributed by atoms with Gasteiger partial charge >= 0.3 is 6.09 Å². The summed E-state index contributed by atoms with van der Waals surface area (Å²) >= 11 is 0. The number of benzene rings is 3. The molecule has 0 aromatic heterocycles. The van der Waals surface area contributed by atoms with Crippen LogP contribution in [0.1, 0.15) is 71.4 Å². The largest absolute Gasteiger partial charge is 0.448 e. The number of aliphatic hydroxyl groups is 1. The summed E-state index contributed by atoms with van der Waals surface area (Å²) in [5.41, 5.74) is 8.57. The molecule has 1 aliphatic carbocycles. The minimum absolute atomic E-state index is 0.00162. The van der Waals surface area contributed by atoms with E-state index in [0.717, 1.165) is 36.0 Å². The smallest absolute Gasteiger partial charge is 0.410 e. The summed E-state index contributed by atoms with van der Waals surface area (Å²) in [7, 11) is 0. The van der Waals surface area contributed by atoms with Crippen LogP contribution in [-0.4, -0.2) is 34.8 Å². The molecule has 3 aromatic carbocycles. The first kappa shape index (κ1) is 23.3. The van der Waals surface area contributed by atoms with Gasteiger partial charge in [0.1, 0.15) is 6.61 Å². The van der Waals surface area contributed by atoms with Gasteiger partial charge in [-0.3, -0.25) is 0 Å². The third-order valence-corrected chi connectivity index (χ3v) is 8.70. The van der Waals surface area contributed by atoms with Crippen molar-refractivity contribution in [2.45, 2.75) is 76.5 Å². The van der Waals surface area contributed by atoms with Gasteiger partial charge < -0.3 is 14.7 Å². The van der Waals surface area contributed by atoms with Crippen LogP contribution in [0.5, 0.6) is 0 Å². The number of carbonyl (C=O) groups is 1. The third kappa shape index (κ3) is 3.74. The molecular weight excluding hydrogens is 446 g/mol. The fraction of sp³-hybridized carbons (Fsp3) is 0.406. The first-order valence-corrected chi connectivity index (χ1v) is 13.3. The van der Waals surface area contributed by atoms with Crippen molar-refractivity contribution < 1.29 is 14.6 Å². The van der Waals surface area contributed by atoms with Gasteiger partial charge in [0.15, 0.2) is 0 Å². The fourth-order valence-electron chi connectivity index (χ4n) is 7.51. The second-order valence-electron chi connectivity index (χ2n) is 11.2. The van der Waals surface area contributed by atoms with Gasteiger partial charge in [-0.25, -0.2) is 4.79 Å². The number of ether oxygens (including phenoxy) is 1. The van der Waals surface area contributed by atoms with E-state index in [-0.39, 0.29) is 24.1 Å². The van der Waals surface area contributed by atoms with E-state index in [9.17, 15) is 9.90 Å². The van der Waals surface area contributed by atoms with Crippen molar-refractivity contribution >= 4 is 6.09 Å². The number of amides is 1. The standard InChI is InChI=1S/C32H35NO3/c1-20-15-21(2)30(22(3)16-20)32(35)17-23-9-8-10-24(18-32)33(23)31(34)36-19-29-27-13-6-4-11-25(27)26-12-5-7-14-28(26)29/h4-7,11-16,23-24,29,35H,8-10,17-19H2,1-3H3. The molecule has 0 radical (unpaired) electrons. The molecule has 36 heavy (non-hydrogen) atoms. The highest BCUT2D eigenvalue weighted by Crippen LogP contribution is 2.47. The van der Waals surface area contributed by atoms with Crippen molar-refractivity contribution in [3.8, 4) is 11.1 Å². The second-order valence-corrected chi connectivity index (χ2v) is 11.2. The lowest BCUT2D eigenvalue weighted by Gasteiger charge is -2.52. The lowest BCUT2D eigenvalue weighted by atomic mass is 9.70. The van der Waals surface area contributed by atoms with Gasteiger partial charge in [0.2, 0.25) is 0 Å². The van der Waals surface area contributed by atoms with Gasteiger partial charge in [0.25, 0.3) is 0 Å². The molecule has 1 amide bonds. The molecule has 2 fully saturated rings. The minimum Gasteiger partial charge on any atom is -0.448 e. The molecule has 4 heteroatoms. The fourth-order valence-corrected chi connectivity index (χ4v) is 7.51. The average molecular weight is 482 g/mol. The Labute approximate surface area is 213 Å². The molecule has 0 saturated carbocycles. The van der Waals surface area contributed by atoms with Crippen molar-refractivity contribution in [3.05, 3.63) is 94.0 Å². The summed E-state index contributed by atoms with van der Waals surface area (Å²) in [6.45, 7) is 6.63. The molecule has 2 heterocycles. The zero-order valence-corrected chi connectivity index (χ0v) is 21.5. The number of fused-ring (bicyclic) bond motifs is 5. The van der Waals surface area contributed by atoms with E-state index in [0.29, 0.717) is 19.4 Å². The molecule has 186 valence electrons. The number of nitrogens with zero attached hydrogens (tertiary/aromatic N) is 1. The molecule has 2 unspecified atom stereocenters. The van der Waals surface area contributed by atoms with Gasteiger partial charge in [-0.2, -0.15) is 0 Å². The van der Waals surface area contributed by atoms with Gasteiger partial charge in [0.05, 0.1) is 5.60 Å². The van der Waals surface area contributed by atoms with Gasteiger partial charge in [-0.1, -0.05) is 66.2 Å². The summed E-state index contributed by atoms with van der Waals surface area (Å²) in [6.07, 6.45) is 3.81. The highest BCUT2D eigenvalue weighted by atomic mass is 16.6. The monoisotopic (exact) mass is 481 g/mol. The number of piperidine rings is 2. The molecule has 0 spiro atoms. The van der Waals surface area contributed by atoms with E-state index < -0.39 is 5.60 Å². The number of hydrogen-bond acceptors (Lipinski definition) is 3. The molecular formula is C32H35NO3. The summed E-state index contributed by atoms with van der Waals surface area (Å²) in [4.78, 5) is 15.5. The number of carbonyl (C=O) groups excluding carboxylic acids is 1. The van der Waals surface area contributed by atoms with Gasteiger partial charge in [0, 0.05) is 30.8 Å². The Hall–Kier alpha value is -3.11. The molecule has 3 aromatic rings. The van der Waals surface area contributed by atoms with E-state index in [4.69, 9.17) is 4.74 Å². The zero-order chi connectivity index (χ0) is 25.0. The van der Waals surface area contributed by atoms with E-state index in [1.807, 2.05) is 4.90 Å². The quantitative estimate of drug-likeness (QED) is 0.449. The molecule has 3 aliphatic rings. The maximum atomic E-state index is 13.5. The Morgan fingerprint density at radius 2 is 1.44 bits per heavy atom. The summed E-state index contributed by atoms with van der Waals surface area (Å²) in [5, 5.41) is 11.9. The van der Waals surface area contributed by atoms with Crippen LogP contribution < -0.4 is 0 Å². The van der Waals surface area contributed by atoms with Gasteiger partial charge in [-0.05, 0) is 79.0 Å². The predicted octanol–water partition coefficient (Wildman–Crippen LogP) is 6.77. The normalized spacial score (nSPS) is 24.8. The summed E-state index contributed by atoms with van der Waals surface area (Å²) in [5.74, 6) is 0.0563. The maximum Gasteiger partial charge on any atom is 0.410 e. The van der Waals surface area contributed by atoms with Crippen LogP contribution in [0.4, 0.5) is 4.79 Å². The Kier molecular flexibility index (Phi) is 5.68. The molecule has 2 bridgehead atoms. The van der Waals surface area contributed by atoms with E-state index in [2.05, 4.69) is 81.4 Å². The summed E-state index contributed by atoms with van der Waals surface area (Å²) in [6, 6.07) is 21.2. The zero-order valence-electron chi connectivity index (χ0n) is 21.5. The number of aryl methyl sites for hydroxylation is 3. The Bertz CT molecular complexity index is 1250. The van der Waals surface area contributed by atoms with Crippen LogP contribution in [0.15, 0.2) is 60.7 Å². The van der Waals surface area contributed by atoms with Crippen molar-refractivity contribution in [2.24, 2.45) is 0 Å². The van der Waals surface area contributed by atoms with Crippen LogP contribution in [0.25, 0.3) is 11.1 Å². The van der Waals surface area contributed by atoms with Crippen molar-refractivity contribution in [2.75, 3.05) is 6.61 Å². The topological polar surface area (TPSA) is 49.8 Å². The van der Waals surface area contributed by atoms with Crippen LogP contribution >= 0.6 is 0 Å². The first-order chi connectivity index (χ1) is 17.4. The van der Waals surface area contributed by atoms with Crippen molar-refractivity contribution in [1.82, 2.24) is 4.90 Å². The van der Waals surface area contributed by atoms with E-state index in [1.54, 1.807) is 0 Å².